The minimum absolute atomic E-state index is 0.155. The molecule has 2 atom stereocenters. The van der Waals surface area contributed by atoms with Gasteiger partial charge in [0.25, 0.3) is 5.91 Å². The first-order valence-corrected chi connectivity index (χ1v) is 8.76. The van der Waals surface area contributed by atoms with Crippen LogP contribution in [0.5, 0.6) is 5.75 Å². The van der Waals surface area contributed by atoms with E-state index in [0.29, 0.717) is 15.2 Å². The monoisotopic (exact) mass is 402 g/mol. The molecule has 0 spiro atoms. The number of halogens is 2. The van der Waals surface area contributed by atoms with Crippen LogP contribution < -0.4 is 10.1 Å². The van der Waals surface area contributed by atoms with E-state index in [4.69, 9.17) is 16.3 Å². The summed E-state index contributed by atoms with van der Waals surface area (Å²) in [6.07, 6.45) is -0.625. The normalized spacial score (nSPS) is 13.5. The zero-order chi connectivity index (χ0) is 16.3. The van der Waals surface area contributed by atoms with Crippen LogP contribution in [0, 0.1) is 6.92 Å². The number of nitrogens with zero attached hydrogens (tertiary/aromatic N) is 1. The number of hydrogen-bond acceptors (Lipinski definition) is 4. The third kappa shape index (κ3) is 4.44. The maximum absolute atomic E-state index is 12.2. The number of aromatic nitrogens is 1. The Labute approximate surface area is 147 Å². The first-order chi connectivity index (χ1) is 10.4. The largest absolute Gasteiger partial charge is 0.480 e. The molecule has 0 aliphatic rings. The van der Waals surface area contributed by atoms with Crippen LogP contribution >= 0.6 is 38.9 Å². The van der Waals surface area contributed by atoms with E-state index in [1.54, 1.807) is 36.5 Å². The summed E-state index contributed by atoms with van der Waals surface area (Å²) < 4.78 is 6.38. The second kappa shape index (κ2) is 7.44. The molecule has 1 heterocycles. The van der Waals surface area contributed by atoms with Crippen molar-refractivity contribution in [3.8, 4) is 5.75 Å². The summed E-state index contributed by atoms with van der Waals surface area (Å²) in [5, 5.41) is 6.42. The van der Waals surface area contributed by atoms with Gasteiger partial charge in [0.05, 0.1) is 21.2 Å². The van der Waals surface area contributed by atoms with Crippen molar-refractivity contribution in [2.45, 2.75) is 32.9 Å². The van der Waals surface area contributed by atoms with E-state index in [-0.39, 0.29) is 11.9 Å². The molecule has 1 aromatic carbocycles. The van der Waals surface area contributed by atoms with Crippen LogP contribution in [-0.2, 0) is 4.79 Å². The Kier molecular flexibility index (Phi) is 5.83. The number of carbonyl (C=O) groups excluding carboxylic acids is 1. The molecular weight excluding hydrogens is 388 g/mol. The molecule has 0 bridgehead atoms. The molecule has 2 aromatic rings. The van der Waals surface area contributed by atoms with Crippen molar-refractivity contribution in [1.82, 2.24) is 10.3 Å². The number of hydrogen-bond donors (Lipinski definition) is 1. The zero-order valence-electron chi connectivity index (χ0n) is 12.4. The predicted molar refractivity (Wildman–Crippen MR) is 92.7 cm³/mol. The van der Waals surface area contributed by atoms with Gasteiger partial charge in [-0.15, -0.1) is 11.3 Å². The van der Waals surface area contributed by atoms with Gasteiger partial charge in [0.1, 0.15) is 5.75 Å². The predicted octanol–water partition coefficient (Wildman–Crippen LogP) is 4.51. The lowest BCUT2D eigenvalue weighted by Gasteiger charge is -2.18. The number of aryl methyl sites for hydroxylation is 1. The molecule has 7 heteroatoms. The second-order valence-corrected chi connectivity index (χ2v) is 7.21. The number of rotatable bonds is 5. The van der Waals surface area contributed by atoms with Crippen molar-refractivity contribution >= 4 is 44.8 Å². The van der Waals surface area contributed by atoms with E-state index in [9.17, 15) is 4.79 Å². The van der Waals surface area contributed by atoms with Gasteiger partial charge < -0.3 is 10.1 Å². The third-order valence-electron chi connectivity index (χ3n) is 3.01. The average Bonchev–Trinajstić information content (AvgIpc) is 2.88. The minimum atomic E-state index is -0.625. The fourth-order valence-corrected chi connectivity index (χ4v) is 3.28. The van der Waals surface area contributed by atoms with Crippen LogP contribution in [-0.4, -0.2) is 17.0 Å². The fraction of sp³-hybridized carbons (Fsp3) is 0.333. The quantitative estimate of drug-likeness (QED) is 0.799. The maximum atomic E-state index is 12.2. The number of ether oxygens (including phenoxy) is 1. The molecule has 0 saturated carbocycles. The minimum Gasteiger partial charge on any atom is -0.480 e. The van der Waals surface area contributed by atoms with Crippen LogP contribution in [0.15, 0.2) is 28.1 Å². The maximum Gasteiger partial charge on any atom is 0.261 e. The molecule has 0 radical (unpaired) electrons. The number of thiazole rings is 1. The van der Waals surface area contributed by atoms with E-state index in [2.05, 4.69) is 26.2 Å². The second-order valence-electron chi connectivity index (χ2n) is 4.86. The van der Waals surface area contributed by atoms with Gasteiger partial charge >= 0.3 is 0 Å². The number of nitrogens with one attached hydrogen (secondary N) is 1. The highest BCUT2D eigenvalue weighted by Gasteiger charge is 2.19. The van der Waals surface area contributed by atoms with E-state index in [1.807, 2.05) is 19.2 Å². The third-order valence-corrected chi connectivity index (χ3v) is 4.65. The zero-order valence-corrected chi connectivity index (χ0v) is 15.6. The first kappa shape index (κ1) is 17.2. The Hall–Kier alpha value is -1.11. The van der Waals surface area contributed by atoms with Crippen molar-refractivity contribution in [3.05, 3.63) is 43.8 Å². The topological polar surface area (TPSA) is 51.2 Å². The highest BCUT2D eigenvalue weighted by atomic mass is 79.9. The van der Waals surface area contributed by atoms with Gasteiger partial charge in [-0.1, -0.05) is 11.6 Å². The van der Waals surface area contributed by atoms with E-state index in [1.165, 1.54) is 0 Å². The molecular formula is C15H16BrClN2O2S. The van der Waals surface area contributed by atoms with Gasteiger partial charge in [-0.25, -0.2) is 4.98 Å². The highest BCUT2D eigenvalue weighted by Crippen LogP contribution is 2.28. The van der Waals surface area contributed by atoms with Crippen LogP contribution in [0.25, 0.3) is 0 Å². The molecule has 2 rings (SSSR count). The molecule has 22 heavy (non-hydrogen) atoms. The summed E-state index contributed by atoms with van der Waals surface area (Å²) in [6, 6.07) is 5.01. The number of amides is 1. The van der Waals surface area contributed by atoms with Gasteiger partial charge in [-0.3, -0.25) is 4.79 Å². The molecule has 1 N–H and O–H groups in total. The first-order valence-electron chi connectivity index (χ1n) is 6.71. The van der Waals surface area contributed by atoms with Crippen LogP contribution in [0.4, 0.5) is 0 Å². The van der Waals surface area contributed by atoms with Gasteiger partial charge in [0.15, 0.2) is 6.10 Å². The van der Waals surface area contributed by atoms with Crippen LogP contribution in [0.1, 0.15) is 30.6 Å². The molecule has 2 unspecified atom stereocenters. The summed E-state index contributed by atoms with van der Waals surface area (Å²) in [5.41, 5.74) is 0.857. The Morgan fingerprint density at radius 3 is 2.77 bits per heavy atom. The van der Waals surface area contributed by atoms with Crippen LogP contribution in [0.2, 0.25) is 5.02 Å². The number of benzene rings is 1. The summed E-state index contributed by atoms with van der Waals surface area (Å²) in [5.74, 6) is 0.379. The summed E-state index contributed by atoms with van der Waals surface area (Å²) >= 11 is 10.8. The van der Waals surface area contributed by atoms with E-state index < -0.39 is 6.10 Å². The van der Waals surface area contributed by atoms with Crippen molar-refractivity contribution in [1.29, 1.82) is 0 Å². The molecule has 0 fully saturated rings. The summed E-state index contributed by atoms with van der Waals surface area (Å²) in [4.78, 5) is 16.6. The van der Waals surface area contributed by atoms with Gasteiger partial charge in [-0.05, 0) is 54.9 Å². The highest BCUT2D eigenvalue weighted by molar-refractivity contribution is 9.10. The Balaban J connectivity index is 1.97. The van der Waals surface area contributed by atoms with Crippen molar-refractivity contribution in [2.24, 2.45) is 0 Å². The molecule has 118 valence electrons. The van der Waals surface area contributed by atoms with Gasteiger partial charge in [0.2, 0.25) is 0 Å². The fourth-order valence-electron chi connectivity index (χ4n) is 1.80. The SMILES string of the molecule is Cc1nc(C(C)NC(=O)C(C)Oc2ccc(Cl)cc2Br)cs1. The average molecular weight is 404 g/mol. The smallest absolute Gasteiger partial charge is 0.261 e. The van der Waals surface area contributed by atoms with Gasteiger partial charge in [-0.2, -0.15) is 0 Å². The molecule has 1 aromatic heterocycles. The van der Waals surface area contributed by atoms with Crippen LogP contribution in [0.3, 0.4) is 0 Å². The molecule has 0 aliphatic heterocycles. The lowest BCUT2D eigenvalue weighted by molar-refractivity contribution is -0.128. The van der Waals surface area contributed by atoms with Crippen molar-refractivity contribution in [2.75, 3.05) is 0 Å². The summed E-state index contributed by atoms with van der Waals surface area (Å²) in [7, 11) is 0. The Morgan fingerprint density at radius 2 is 2.18 bits per heavy atom. The lowest BCUT2D eigenvalue weighted by atomic mass is 10.2. The number of carbonyl (C=O) groups is 1. The van der Waals surface area contributed by atoms with Gasteiger partial charge in [0, 0.05) is 10.4 Å². The lowest BCUT2D eigenvalue weighted by Crippen LogP contribution is -2.37. The van der Waals surface area contributed by atoms with E-state index >= 15 is 0 Å². The van der Waals surface area contributed by atoms with Crippen molar-refractivity contribution < 1.29 is 9.53 Å². The molecule has 0 aliphatic carbocycles. The molecule has 0 saturated heterocycles. The van der Waals surface area contributed by atoms with E-state index in [0.717, 1.165) is 10.7 Å². The standard InChI is InChI=1S/C15H16BrClN2O2S/c1-8(13-7-22-10(3)19-13)18-15(20)9(2)21-14-5-4-11(17)6-12(14)16/h4-9H,1-3H3,(H,18,20). The van der Waals surface area contributed by atoms with Crippen molar-refractivity contribution in [3.63, 3.8) is 0 Å². The summed E-state index contributed by atoms with van der Waals surface area (Å²) in [6.45, 7) is 5.54. The Bertz CT molecular complexity index is 677. The molecule has 4 nitrogen and oxygen atoms in total. The molecule has 1 amide bonds. The Morgan fingerprint density at radius 1 is 1.45 bits per heavy atom.